The molecule has 4 heteroatoms. The van der Waals surface area contributed by atoms with Crippen LogP contribution >= 0.6 is 15.9 Å². The molecule has 0 aliphatic carbocycles. The van der Waals surface area contributed by atoms with E-state index < -0.39 is 0 Å². The minimum Gasteiger partial charge on any atom is -0.392 e. The highest BCUT2D eigenvalue weighted by atomic mass is 79.9. The van der Waals surface area contributed by atoms with E-state index in [0.717, 1.165) is 22.3 Å². The molecule has 1 atom stereocenters. The summed E-state index contributed by atoms with van der Waals surface area (Å²) >= 11 is 3.40. The van der Waals surface area contributed by atoms with Gasteiger partial charge in [-0.25, -0.2) is 4.98 Å². The molecule has 0 saturated carbocycles. The summed E-state index contributed by atoms with van der Waals surface area (Å²) in [4.78, 5) is 6.72. The summed E-state index contributed by atoms with van der Waals surface area (Å²) in [6.07, 6.45) is 2.79. The molecular formula is C15H15BrN2O. The SMILES string of the molecule is CC1Cc2ccccc2N1c1ncc(Br)cc1CO. The van der Waals surface area contributed by atoms with Crippen LogP contribution in [-0.4, -0.2) is 16.1 Å². The normalized spacial score (nSPS) is 17.6. The second-order valence-corrected chi connectivity index (χ2v) is 5.76. The lowest BCUT2D eigenvalue weighted by Gasteiger charge is -2.25. The number of para-hydroxylation sites is 1. The fourth-order valence-corrected chi connectivity index (χ4v) is 3.07. The minimum atomic E-state index is -0.00679. The number of aliphatic hydroxyl groups excluding tert-OH is 1. The van der Waals surface area contributed by atoms with Crippen LogP contribution in [0.5, 0.6) is 0 Å². The Balaban J connectivity index is 2.12. The first-order valence-corrected chi connectivity index (χ1v) is 7.12. The van der Waals surface area contributed by atoms with Gasteiger partial charge in [0.2, 0.25) is 0 Å². The molecule has 0 amide bonds. The smallest absolute Gasteiger partial charge is 0.138 e. The van der Waals surface area contributed by atoms with E-state index in [0.29, 0.717) is 6.04 Å². The topological polar surface area (TPSA) is 36.4 Å². The van der Waals surface area contributed by atoms with Crippen LogP contribution in [-0.2, 0) is 13.0 Å². The summed E-state index contributed by atoms with van der Waals surface area (Å²) in [7, 11) is 0. The molecule has 0 radical (unpaired) electrons. The minimum absolute atomic E-state index is 0.00679. The summed E-state index contributed by atoms with van der Waals surface area (Å²) in [5.74, 6) is 0.850. The van der Waals surface area contributed by atoms with Gasteiger partial charge in [-0.15, -0.1) is 0 Å². The maximum absolute atomic E-state index is 9.55. The van der Waals surface area contributed by atoms with Gasteiger partial charge in [0.05, 0.1) is 6.61 Å². The van der Waals surface area contributed by atoms with E-state index in [9.17, 15) is 5.11 Å². The van der Waals surface area contributed by atoms with E-state index in [-0.39, 0.29) is 6.61 Å². The number of benzene rings is 1. The number of rotatable bonds is 2. The van der Waals surface area contributed by atoms with Gasteiger partial charge in [0.15, 0.2) is 0 Å². The van der Waals surface area contributed by atoms with E-state index >= 15 is 0 Å². The lowest BCUT2D eigenvalue weighted by Crippen LogP contribution is -2.26. The first-order chi connectivity index (χ1) is 9.20. The van der Waals surface area contributed by atoms with Crippen LogP contribution in [0.2, 0.25) is 0 Å². The van der Waals surface area contributed by atoms with Gasteiger partial charge in [-0.1, -0.05) is 18.2 Å². The van der Waals surface area contributed by atoms with Crippen LogP contribution < -0.4 is 4.90 Å². The highest BCUT2D eigenvalue weighted by Crippen LogP contribution is 2.38. The Kier molecular flexibility index (Phi) is 3.29. The van der Waals surface area contributed by atoms with Crippen LogP contribution in [0.15, 0.2) is 41.0 Å². The summed E-state index contributed by atoms with van der Waals surface area (Å²) in [6.45, 7) is 2.18. The van der Waals surface area contributed by atoms with Gasteiger partial charge in [0.1, 0.15) is 5.82 Å². The van der Waals surface area contributed by atoms with Crippen molar-refractivity contribution >= 4 is 27.4 Å². The van der Waals surface area contributed by atoms with Crippen LogP contribution in [0.3, 0.4) is 0 Å². The maximum Gasteiger partial charge on any atom is 0.138 e. The monoisotopic (exact) mass is 318 g/mol. The van der Waals surface area contributed by atoms with Gasteiger partial charge >= 0.3 is 0 Å². The Labute approximate surface area is 121 Å². The lowest BCUT2D eigenvalue weighted by molar-refractivity contribution is 0.281. The molecule has 1 aliphatic rings. The number of fused-ring (bicyclic) bond motifs is 1. The number of nitrogens with zero attached hydrogens (tertiary/aromatic N) is 2. The van der Waals surface area contributed by atoms with Gasteiger partial charge < -0.3 is 10.0 Å². The number of aromatic nitrogens is 1. The van der Waals surface area contributed by atoms with Crippen molar-refractivity contribution in [2.24, 2.45) is 0 Å². The molecule has 0 saturated heterocycles. The molecule has 1 unspecified atom stereocenters. The highest BCUT2D eigenvalue weighted by Gasteiger charge is 2.29. The van der Waals surface area contributed by atoms with Crippen LogP contribution in [0.1, 0.15) is 18.1 Å². The zero-order chi connectivity index (χ0) is 13.4. The van der Waals surface area contributed by atoms with Crippen molar-refractivity contribution in [2.45, 2.75) is 26.0 Å². The molecule has 1 aliphatic heterocycles. The highest BCUT2D eigenvalue weighted by molar-refractivity contribution is 9.10. The van der Waals surface area contributed by atoms with Crippen molar-refractivity contribution in [1.82, 2.24) is 4.98 Å². The fourth-order valence-electron chi connectivity index (χ4n) is 2.70. The quantitative estimate of drug-likeness (QED) is 0.921. The van der Waals surface area contributed by atoms with Crippen LogP contribution in [0.4, 0.5) is 11.5 Å². The number of aliphatic hydroxyl groups is 1. The molecule has 98 valence electrons. The third-order valence-electron chi connectivity index (χ3n) is 3.52. The molecule has 3 nitrogen and oxygen atoms in total. The number of hydrogen-bond donors (Lipinski definition) is 1. The predicted octanol–water partition coefficient (Wildman–Crippen LogP) is 3.42. The van der Waals surface area contributed by atoms with Gasteiger partial charge in [-0.2, -0.15) is 0 Å². The zero-order valence-corrected chi connectivity index (χ0v) is 12.3. The van der Waals surface area contributed by atoms with Gasteiger partial charge in [-0.3, -0.25) is 0 Å². The number of halogens is 1. The molecule has 1 N–H and O–H groups in total. The first-order valence-electron chi connectivity index (χ1n) is 6.33. The summed E-state index contributed by atoms with van der Waals surface area (Å²) in [5, 5.41) is 9.55. The Hall–Kier alpha value is -1.39. The Morgan fingerprint density at radius 3 is 3.00 bits per heavy atom. The summed E-state index contributed by atoms with van der Waals surface area (Å²) < 4.78 is 0.889. The van der Waals surface area contributed by atoms with E-state index in [1.54, 1.807) is 6.20 Å². The molecular weight excluding hydrogens is 304 g/mol. The third kappa shape index (κ3) is 2.15. The second kappa shape index (κ2) is 4.94. The Bertz CT molecular complexity index is 615. The standard InChI is InChI=1S/C15H15BrN2O/c1-10-6-11-4-2-3-5-14(11)18(10)15-12(9-19)7-13(16)8-17-15/h2-5,7-8,10,19H,6,9H2,1H3. The zero-order valence-electron chi connectivity index (χ0n) is 10.7. The first kappa shape index (κ1) is 12.6. The predicted molar refractivity (Wildman–Crippen MR) is 79.6 cm³/mol. The van der Waals surface area contributed by atoms with Crippen molar-refractivity contribution in [2.75, 3.05) is 4.90 Å². The Morgan fingerprint density at radius 2 is 2.21 bits per heavy atom. The number of pyridine rings is 1. The van der Waals surface area contributed by atoms with Crippen LogP contribution in [0, 0.1) is 0 Å². The Morgan fingerprint density at radius 1 is 1.42 bits per heavy atom. The van der Waals surface area contributed by atoms with Crippen molar-refractivity contribution in [3.8, 4) is 0 Å². The number of hydrogen-bond acceptors (Lipinski definition) is 3. The second-order valence-electron chi connectivity index (χ2n) is 4.85. The van der Waals surface area contributed by atoms with E-state index in [1.807, 2.05) is 12.1 Å². The molecule has 0 spiro atoms. The van der Waals surface area contributed by atoms with Gasteiger partial charge in [0, 0.05) is 28.0 Å². The van der Waals surface area contributed by atoms with Gasteiger partial charge in [0.25, 0.3) is 0 Å². The molecule has 2 aromatic rings. The van der Waals surface area contributed by atoms with E-state index in [1.165, 1.54) is 11.3 Å². The van der Waals surface area contributed by atoms with Crippen molar-refractivity contribution in [3.05, 3.63) is 52.1 Å². The lowest BCUT2D eigenvalue weighted by atomic mass is 10.1. The molecule has 19 heavy (non-hydrogen) atoms. The maximum atomic E-state index is 9.55. The molecule has 1 aromatic heterocycles. The number of anilines is 2. The van der Waals surface area contributed by atoms with Gasteiger partial charge in [-0.05, 0) is 47.0 Å². The van der Waals surface area contributed by atoms with E-state index in [4.69, 9.17) is 0 Å². The molecule has 0 fully saturated rings. The average Bonchev–Trinajstić information content (AvgIpc) is 2.74. The summed E-state index contributed by atoms with van der Waals surface area (Å²) in [6, 6.07) is 10.7. The molecule has 1 aromatic carbocycles. The van der Waals surface area contributed by atoms with Crippen molar-refractivity contribution < 1.29 is 5.11 Å². The molecule has 2 heterocycles. The largest absolute Gasteiger partial charge is 0.392 e. The van der Waals surface area contributed by atoms with Crippen LogP contribution in [0.25, 0.3) is 0 Å². The van der Waals surface area contributed by atoms with Crippen molar-refractivity contribution in [3.63, 3.8) is 0 Å². The molecule has 3 rings (SSSR count). The summed E-state index contributed by atoms with van der Waals surface area (Å²) in [5.41, 5.74) is 3.38. The fraction of sp³-hybridized carbons (Fsp3) is 0.267. The molecule has 0 bridgehead atoms. The average molecular weight is 319 g/mol. The van der Waals surface area contributed by atoms with E-state index in [2.05, 4.69) is 50.9 Å². The van der Waals surface area contributed by atoms with Crippen molar-refractivity contribution in [1.29, 1.82) is 0 Å². The third-order valence-corrected chi connectivity index (χ3v) is 3.95.